The minimum Gasteiger partial charge on any atom is -0.344 e. The number of aromatic nitrogens is 1. The second-order valence-electron chi connectivity index (χ2n) is 4.94. The van der Waals surface area contributed by atoms with Crippen molar-refractivity contribution in [2.24, 2.45) is 0 Å². The molecule has 0 spiro atoms. The van der Waals surface area contributed by atoms with E-state index in [0.717, 1.165) is 44.6 Å². The summed E-state index contributed by atoms with van der Waals surface area (Å²) in [7, 11) is 1.95. The van der Waals surface area contributed by atoms with Crippen LogP contribution in [-0.4, -0.2) is 41.6 Å². The number of nitrogens with one attached hydrogen (secondary N) is 1. The number of aryl methyl sites for hydroxylation is 1. The van der Waals surface area contributed by atoms with Gasteiger partial charge in [-0.1, -0.05) is 6.92 Å². The maximum Gasteiger partial charge on any atom is 0.270 e. The largest absolute Gasteiger partial charge is 0.344 e. The molecule has 4 nitrogen and oxygen atoms in total. The number of hydrogen-bond donors (Lipinski definition) is 1. The van der Waals surface area contributed by atoms with Crippen molar-refractivity contribution in [3.8, 4) is 0 Å². The fourth-order valence-electron chi connectivity index (χ4n) is 2.74. The van der Waals surface area contributed by atoms with Gasteiger partial charge in [0.2, 0.25) is 0 Å². The SMILES string of the molecule is CCCn1cccc1C(=O)N1CCCC1CNC. The highest BCUT2D eigenvalue weighted by Crippen LogP contribution is 2.20. The standard InChI is InChI=1S/C14H23N3O/c1-3-8-16-9-5-7-13(16)14(18)17-10-4-6-12(17)11-15-2/h5,7,9,12,15H,3-4,6,8,10-11H2,1-2H3. The topological polar surface area (TPSA) is 37.3 Å². The number of hydrogen-bond acceptors (Lipinski definition) is 2. The Morgan fingerprint density at radius 2 is 2.39 bits per heavy atom. The molecule has 1 amide bonds. The lowest BCUT2D eigenvalue weighted by molar-refractivity contribution is 0.0726. The zero-order valence-electron chi connectivity index (χ0n) is 11.4. The minimum atomic E-state index is 0.186. The molecule has 1 aromatic rings. The van der Waals surface area contributed by atoms with Crippen LogP contribution in [-0.2, 0) is 6.54 Å². The third kappa shape index (κ3) is 2.58. The summed E-state index contributed by atoms with van der Waals surface area (Å²) >= 11 is 0. The molecule has 0 aromatic carbocycles. The molecule has 1 saturated heterocycles. The van der Waals surface area contributed by atoms with E-state index < -0.39 is 0 Å². The van der Waals surface area contributed by atoms with Gasteiger partial charge in [-0.15, -0.1) is 0 Å². The monoisotopic (exact) mass is 249 g/mol. The van der Waals surface area contributed by atoms with E-state index in [4.69, 9.17) is 0 Å². The van der Waals surface area contributed by atoms with Gasteiger partial charge in [0.25, 0.3) is 5.91 Å². The average molecular weight is 249 g/mol. The van der Waals surface area contributed by atoms with Crippen LogP contribution in [0.3, 0.4) is 0 Å². The molecule has 1 N–H and O–H groups in total. The van der Waals surface area contributed by atoms with Gasteiger partial charge >= 0.3 is 0 Å². The fourth-order valence-corrected chi connectivity index (χ4v) is 2.74. The first-order valence-corrected chi connectivity index (χ1v) is 6.88. The molecule has 0 bridgehead atoms. The Morgan fingerprint density at radius 3 is 3.11 bits per heavy atom. The van der Waals surface area contributed by atoms with E-state index in [2.05, 4.69) is 16.8 Å². The van der Waals surface area contributed by atoms with Crippen molar-refractivity contribution >= 4 is 5.91 Å². The van der Waals surface area contributed by atoms with Crippen LogP contribution in [0.15, 0.2) is 18.3 Å². The molecule has 1 aromatic heterocycles. The van der Waals surface area contributed by atoms with Gasteiger partial charge in [-0.25, -0.2) is 0 Å². The van der Waals surface area contributed by atoms with Crippen molar-refractivity contribution in [2.45, 2.75) is 38.8 Å². The Morgan fingerprint density at radius 1 is 1.56 bits per heavy atom. The number of likely N-dealkylation sites (N-methyl/N-ethyl adjacent to an activating group) is 1. The molecular formula is C14H23N3O. The second kappa shape index (κ2) is 6.05. The third-order valence-corrected chi connectivity index (χ3v) is 3.59. The van der Waals surface area contributed by atoms with Gasteiger partial charge in [0.1, 0.15) is 5.69 Å². The van der Waals surface area contributed by atoms with Gasteiger partial charge in [0.15, 0.2) is 0 Å². The molecule has 2 rings (SSSR count). The zero-order valence-corrected chi connectivity index (χ0v) is 11.4. The van der Waals surface area contributed by atoms with Crippen molar-refractivity contribution < 1.29 is 4.79 Å². The molecule has 1 aliphatic rings. The minimum absolute atomic E-state index is 0.186. The van der Waals surface area contributed by atoms with Crippen LogP contribution in [0.4, 0.5) is 0 Å². The molecular weight excluding hydrogens is 226 g/mol. The Hall–Kier alpha value is -1.29. The Bertz CT molecular complexity index is 399. The molecule has 1 atom stereocenters. The number of carbonyl (C=O) groups excluding carboxylic acids is 1. The summed E-state index contributed by atoms with van der Waals surface area (Å²) in [6.07, 6.45) is 5.28. The quantitative estimate of drug-likeness (QED) is 0.863. The first-order chi connectivity index (χ1) is 8.77. The van der Waals surface area contributed by atoms with Gasteiger partial charge in [-0.3, -0.25) is 4.79 Å². The Balaban J connectivity index is 2.12. The summed E-state index contributed by atoms with van der Waals surface area (Å²) in [6.45, 7) is 4.83. The molecule has 2 heterocycles. The predicted molar refractivity (Wildman–Crippen MR) is 72.7 cm³/mol. The van der Waals surface area contributed by atoms with Crippen molar-refractivity contribution in [3.05, 3.63) is 24.0 Å². The van der Waals surface area contributed by atoms with E-state index in [1.165, 1.54) is 0 Å². The van der Waals surface area contributed by atoms with Gasteiger partial charge in [0, 0.05) is 31.9 Å². The molecule has 0 radical (unpaired) electrons. The molecule has 0 saturated carbocycles. The average Bonchev–Trinajstić information content (AvgIpc) is 2.98. The van der Waals surface area contributed by atoms with Crippen molar-refractivity contribution in [2.75, 3.05) is 20.1 Å². The summed E-state index contributed by atoms with van der Waals surface area (Å²) in [5, 5.41) is 3.18. The number of rotatable bonds is 5. The summed E-state index contributed by atoms with van der Waals surface area (Å²) in [4.78, 5) is 14.6. The molecule has 100 valence electrons. The lowest BCUT2D eigenvalue weighted by Gasteiger charge is -2.25. The molecule has 18 heavy (non-hydrogen) atoms. The van der Waals surface area contributed by atoms with Gasteiger partial charge in [-0.05, 0) is 38.4 Å². The van der Waals surface area contributed by atoms with Crippen LogP contribution >= 0.6 is 0 Å². The Labute approximate surface area is 109 Å². The van der Waals surface area contributed by atoms with E-state index in [-0.39, 0.29) is 5.91 Å². The van der Waals surface area contributed by atoms with E-state index in [1.54, 1.807) is 0 Å². The lowest BCUT2D eigenvalue weighted by Crippen LogP contribution is -2.41. The summed E-state index contributed by atoms with van der Waals surface area (Å²) in [5.41, 5.74) is 0.833. The molecule has 0 aliphatic carbocycles. The first kappa shape index (κ1) is 13.1. The van der Waals surface area contributed by atoms with Gasteiger partial charge in [0.05, 0.1) is 0 Å². The van der Waals surface area contributed by atoms with Crippen molar-refractivity contribution in [3.63, 3.8) is 0 Å². The zero-order chi connectivity index (χ0) is 13.0. The van der Waals surface area contributed by atoms with E-state index in [0.29, 0.717) is 6.04 Å². The van der Waals surface area contributed by atoms with Crippen LogP contribution in [0.5, 0.6) is 0 Å². The number of likely N-dealkylation sites (tertiary alicyclic amines) is 1. The van der Waals surface area contributed by atoms with Crippen LogP contribution in [0, 0.1) is 0 Å². The molecule has 4 heteroatoms. The van der Waals surface area contributed by atoms with Crippen LogP contribution < -0.4 is 5.32 Å². The molecule has 1 unspecified atom stereocenters. The normalized spacial score (nSPS) is 19.4. The third-order valence-electron chi connectivity index (χ3n) is 3.59. The Kier molecular flexibility index (Phi) is 4.42. The van der Waals surface area contributed by atoms with Crippen molar-refractivity contribution in [1.82, 2.24) is 14.8 Å². The van der Waals surface area contributed by atoms with E-state index in [1.807, 2.05) is 30.3 Å². The highest BCUT2D eigenvalue weighted by molar-refractivity contribution is 5.93. The second-order valence-corrected chi connectivity index (χ2v) is 4.94. The van der Waals surface area contributed by atoms with Gasteiger partial charge < -0.3 is 14.8 Å². The number of nitrogens with zero attached hydrogens (tertiary/aromatic N) is 2. The van der Waals surface area contributed by atoms with E-state index in [9.17, 15) is 4.79 Å². The van der Waals surface area contributed by atoms with Crippen LogP contribution in [0.1, 0.15) is 36.7 Å². The van der Waals surface area contributed by atoms with Crippen molar-refractivity contribution in [1.29, 1.82) is 0 Å². The number of amides is 1. The smallest absolute Gasteiger partial charge is 0.270 e. The summed E-state index contributed by atoms with van der Waals surface area (Å²) in [5.74, 6) is 0.186. The highest BCUT2D eigenvalue weighted by atomic mass is 16.2. The van der Waals surface area contributed by atoms with Crippen LogP contribution in [0.2, 0.25) is 0 Å². The van der Waals surface area contributed by atoms with Crippen LogP contribution in [0.25, 0.3) is 0 Å². The van der Waals surface area contributed by atoms with Gasteiger partial charge in [-0.2, -0.15) is 0 Å². The lowest BCUT2D eigenvalue weighted by atomic mass is 10.2. The maximum absolute atomic E-state index is 12.6. The predicted octanol–water partition coefficient (Wildman–Crippen LogP) is 1.72. The first-order valence-electron chi connectivity index (χ1n) is 6.88. The molecule has 1 fully saturated rings. The fraction of sp³-hybridized carbons (Fsp3) is 0.643. The summed E-state index contributed by atoms with van der Waals surface area (Å²) in [6, 6.07) is 4.26. The maximum atomic E-state index is 12.6. The highest BCUT2D eigenvalue weighted by Gasteiger charge is 2.29. The molecule has 1 aliphatic heterocycles. The van der Waals surface area contributed by atoms with E-state index >= 15 is 0 Å². The summed E-state index contributed by atoms with van der Waals surface area (Å²) < 4.78 is 2.07. The number of carbonyl (C=O) groups is 1.